The van der Waals surface area contributed by atoms with Gasteiger partial charge in [-0.15, -0.1) is 0 Å². The predicted octanol–water partition coefficient (Wildman–Crippen LogP) is 3.92. The topological polar surface area (TPSA) is 105 Å². The van der Waals surface area contributed by atoms with Gasteiger partial charge >= 0.3 is 12.1 Å². The Labute approximate surface area is 198 Å². The third kappa shape index (κ3) is 3.83. The van der Waals surface area contributed by atoms with E-state index in [2.05, 4.69) is 34.9 Å². The molecule has 0 heterocycles. The van der Waals surface area contributed by atoms with E-state index in [-0.39, 0.29) is 36.3 Å². The molecule has 7 heteroatoms. The number of alkyl carbamates (subject to hydrolysis) is 1. The minimum Gasteiger partial charge on any atom is -0.480 e. The number of hydrogen-bond donors (Lipinski definition) is 3. The van der Waals surface area contributed by atoms with Crippen molar-refractivity contribution in [3.05, 3.63) is 59.7 Å². The number of nitrogens with one attached hydrogen (secondary N) is 2. The van der Waals surface area contributed by atoms with E-state index in [9.17, 15) is 19.5 Å². The number of fused-ring (bicyclic) bond motifs is 4. The van der Waals surface area contributed by atoms with Crippen LogP contribution in [-0.2, 0) is 14.3 Å². The summed E-state index contributed by atoms with van der Waals surface area (Å²) in [5.41, 5.74) is 4.11. The van der Waals surface area contributed by atoms with Gasteiger partial charge in [0, 0.05) is 12.0 Å². The van der Waals surface area contributed by atoms with Crippen molar-refractivity contribution in [2.75, 3.05) is 6.61 Å². The smallest absolute Gasteiger partial charge is 0.407 e. The summed E-state index contributed by atoms with van der Waals surface area (Å²) < 4.78 is 5.64. The highest BCUT2D eigenvalue weighted by atomic mass is 16.5. The Morgan fingerprint density at radius 1 is 1.03 bits per heavy atom. The van der Waals surface area contributed by atoms with Crippen LogP contribution < -0.4 is 10.6 Å². The lowest BCUT2D eigenvalue weighted by Gasteiger charge is -2.22. The number of benzene rings is 2. The molecule has 0 bridgehead atoms. The maximum Gasteiger partial charge on any atom is 0.407 e. The second-order valence-electron chi connectivity index (χ2n) is 10.2. The van der Waals surface area contributed by atoms with Crippen LogP contribution in [0.1, 0.15) is 50.2 Å². The molecule has 2 saturated carbocycles. The van der Waals surface area contributed by atoms with Crippen LogP contribution in [0.4, 0.5) is 4.79 Å². The molecule has 2 aromatic rings. The normalized spacial score (nSPS) is 25.1. The van der Waals surface area contributed by atoms with Gasteiger partial charge in [0.15, 0.2) is 0 Å². The van der Waals surface area contributed by atoms with E-state index in [4.69, 9.17) is 4.74 Å². The highest BCUT2D eigenvalue weighted by Gasteiger charge is 2.65. The van der Waals surface area contributed by atoms with Gasteiger partial charge < -0.3 is 20.5 Å². The molecule has 3 aliphatic rings. The number of carboxylic acids is 1. The van der Waals surface area contributed by atoms with Crippen LogP contribution in [0.2, 0.25) is 0 Å². The molecule has 3 unspecified atom stereocenters. The number of amides is 2. The second-order valence-corrected chi connectivity index (χ2v) is 10.2. The molecule has 2 fully saturated rings. The van der Waals surface area contributed by atoms with Crippen LogP contribution in [-0.4, -0.2) is 41.8 Å². The lowest BCUT2D eigenvalue weighted by Crippen LogP contribution is -2.48. The standard InChI is InChI=1S/C27H30N2O5/c1-15(2)23(24(30)31)29-25(32)27-12-16(27)11-17(13-27)28-26(33)34-14-22-20-9-5-3-7-18(20)19-8-4-6-10-21(19)22/h3-10,15-17,22-23H,11-14H2,1-2H3,(H,28,33)(H,29,32)(H,30,31)/t16?,17?,23-,27?/m0/s1. The van der Waals surface area contributed by atoms with Gasteiger partial charge in [0.2, 0.25) is 5.91 Å². The minimum atomic E-state index is -1.02. The summed E-state index contributed by atoms with van der Waals surface area (Å²) in [5.74, 6) is -1.27. The molecule has 0 aliphatic heterocycles. The monoisotopic (exact) mass is 462 g/mol. The van der Waals surface area contributed by atoms with Gasteiger partial charge in [0.05, 0.1) is 5.41 Å². The molecule has 0 aromatic heterocycles. The Morgan fingerprint density at radius 2 is 1.65 bits per heavy atom. The van der Waals surface area contributed by atoms with Crippen LogP contribution in [0.25, 0.3) is 11.1 Å². The quantitative estimate of drug-likeness (QED) is 0.579. The van der Waals surface area contributed by atoms with E-state index in [0.29, 0.717) is 12.8 Å². The maximum atomic E-state index is 12.9. The fourth-order valence-electron chi connectivity index (χ4n) is 5.89. The Bertz CT molecular complexity index is 1100. The Balaban J connectivity index is 1.17. The highest BCUT2D eigenvalue weighted by Crippen LogP contribution is 2.63. The Morgan fingerprint density at radius 3 is 2.24 bits per heavy atom. The molecule has 0 saturated heterocycles. The molecule has 0 spiro atoms. The van der Waals surface area contributed by atoms with Gasteiger partial charge in [-0.3, -0.25) is 4.79 Å². The molecule has 3 aliphatic carbocycles. The molecule has 2 aromatic carbocycles. The number of ether oxygens (including phenoxy) is 1. The third-order valence-electron chi connectivity index (χ3n) is 7.75. The summed E-state index contributed by atoms with van der Waals surface area (Å²) in [7, 11) is 0. The van der Waals surface area contributed by atoms with E-state index in [1.165, 1.54) is 11.1 Å². The summed E-state index contributed by atoms with van der Waals surface area (Å²) in [6.45, 7) is 3.80. The van der Waals surface area contributed by atoms with Gasteiger partial charge in [-0.1, -0.05) is 62.4 Å². The van der Waals surface area contributed by atoms with Crippen LogP contribution in [0, 0.1) is 17.3 Å². The summed E-state index contributed by atoms with van der Waals surface area (Å²) in [6, 6.07) is 15.3. The van der Waals surface area contributed by atoms with E-state index < -0.39 is 23.5 Å². The van der Waals surface area contributed by atoms with Crippen LogP contribution in [0.3, 0.4) is 0 Å². The number of aliphatic carboxylic acids is 1. The fraction of sp³-hybridized carbons (Fsp3) is 0.444. The van der Waals surface area contributed by atoms with Crippen molar-refractivity contribution in [1.82, 2.24) is 10.6 Å². The summed E-state index contributed by atoms with van der Waals surface area (Å²) >= 11 is 0. The van der Waals surface area contributed by atoms with Gasteiger partial charge in [-0.25, -0.2) is 9.59 Å². The van der Waals surface area contributed by atoms with Gasteiger partial charge in [-0.2, -0.15) is 0 Å². The average Bonchev–Trinajstić information content (AvgIpc) is 3.24. The zero-order valence-electron chi connectivity index (χ0n) is 19.4. The minimum absolute atomic E-state index is 0.00348. The van der Waals surface area contributed by atoms with E-state index in [1.54, 1.807) is 13.8 Å². The molecule has 0 radical (unpaired) electrons. The van der Waals surface area contributed by atoms with Crippen molar-refractivity contribution >= 4 is 18.0 Å². The molecule has 2 amide bonds. The first-order valence-corrected chi connectivity index (χ1v) is 12.0. The van der Waals surface area contributed by atoms with E-state index in [0.717, 1.165) is 17.5 Å². The lowest BCUT2D eigenvalue weighted by atomic mass is 9.98. The second kappa shape index (κ2) is 8.46. The highest BCUT2D eigenvalue weighted by molar-refractivity contribution is 5.90. The summed E-state index contributed by atoms with van der Waals surface area (Å²) in [4.78, 5) is 37.0. The molecular formula is C27H30N2O5. The van der Waals surface area contributed by atoms with Crippen molar-refractivity contribution in [3.63, 3.8) is 0 Å². The SMILES string of the molecule is CC(C)[C@H](NC(=O)C12CC(NC(=O)OCC3c4ccccc4-c4ccccc43)CC1C2)C(=O)O. The summed E-state index contributed by atoms with van der Waals surface area (Å²) in [6.07, 6.45) is 1.48. The predicted molar refractivity (Wildman–Crippen MR) is 126 cm³/mol. The third-order valence-corrected chi connectivity index (χ3v) is 7.75. The molecular weight excluding hydrogens is 432 g/mol. The Kier molecular flexibility index (Phi) is 5.58. The molecule has 178 valence electrons. The molecule has 5 rings (SSSR count). The van der Waals surface area contributed by atoms with Gasteiger partial charge in [-0.05, 0) is 53.4 Å². The number of hydrogen-bond acceptors (Lipinski definition) is 4. The Hall–Kier alpha value is -3.35. The molecule has 4 atom stereocenters. The first-order chi connectivity index (χ1) is 16.3. The molecule has 7 nitrogen and oxygen atoms in total. The number of rotatable bonds is 7. The fourth-order valence-corrected chi connectivity index (χ4v) is 5.89. The lowest BCUT2D eigenvalue weighted by molar-refractivity contribution is -0.144. The van der Waals surface area contributed by atoms with Crippen LogP contribution in [0.5, 0.6) is 0 Å². The van der Waals surface area contributed by atoms with Crippen LogP contribution >= 0.6 is 0 Å². The van der Waals surface area contributed by atoms with E-state index in [1.807, 2.05) is 24.3 Å². The number of carbonyl (C=O) groups is 3. The number of carbonyl (C=O) groups excluding carboxylic acids is 2. The van der Waals surface area contributed by atoms with Crippen molar-refractivity contribution in [3.8, 4) is 11.1 Å². The first kappa shape index (κ1) is 22.4. The van der Waals surface area contributed by atoms with E-state index >= 15 is 0 Å². The van der Waals surface area contributed by atoms with Crippen molar-refractivity contribution < 1.29 is 24.2 Å². The van der Waals surface area contributed by atoms with Crippen molar-refractivity contribution in [1.29, 1.82) is 0 Å². The molecule has 34 heavy (non-hydrogen) atoms. The van der Waals surface area contributed by atoms with Crippen LogP contribution in [0.15, 0.2) is 48.5 Å². The molecule has 3 N–H and O–H groups in total. The number of carboxylic acid groups (broad SMARTS) is 1. The average molecular weight is 463 g/mol. The van der Waals surface area contributed by atoms with Gasteiger partial charge in [0.25, 0.3) is 0 Å². The zero-order chi connectivity index (χ0) is 24.0. The maximum absolute atomic E-state index is 12.9. The zero-order valence-corrected chi connectivity index (χ0v) is 19.4. The first-order valence-electron chi connectivity index (χ1n) is 12.0. The van der Waals surface area contributed by atoms with Crippen molar-refractivity contribution in [2.24, 2.45) is 17.3 Å². The summed E-state index contributed by atoms with van der Waals surface area (Å²) in [5, 5.41) is 15.0. The van der Waals surface area contributed by atoms with Crippen molar-refractivity contribution in [2.45, 2.75) is 51.1 Å². The van der Waals surface area contributed by atoms with Gasteiger partial charge in [0.1, 0.15) is 12.6 Å². The largest absolute Gasteiger partial charge is 0.480 e.